The van der Waals surface area contributed by atoms with Crippen molar-refractivity contribution in [3.63, 3.8) is 0 Å². The first-order chi connectivity index (χ1) is 17.5. The fourth-order valence-corrected chi connectivity index (χ4v) is 8.71. The van der Waals surface area contributed by atoms with Crippen molar-refractivity contribution < 1.29 is 40.3 Å². The maximum Gasteiger partial charge on any atom is 0.426 e. The lowest BCUT2D eigenvalue weighted by atomic mass is 9.71. The number of aryl methyl sites for hydroxylation is 1. The van der Waals surface area contributed by atoms with E-state index in [2.05, 4.69) is 5.32 Å². The summed E-state index contributed by atoms with van der Waals surface area (Å²) in [7, 11) is -4.22. The van der Waals surface area contributed by atoms with Crippen molar-refractivity contribution in [3.8, 4) is 0 Å². The Balaban J connectivity index is 1.87. The molecule has 208 valence electrons. The van der Waals surface area contributed by atoms with Gasteiger partial charge in [-0.2, -0.15) is 13.2 Å². The van der Waals surface area contributed by atoms with Crippen molar-refractivity contribution >= 4 is 15.7 Å². The highest BCUT2D eigenvalue weighted by Crippen LogP contribution is 2.60. The minimum Gasteiger partial charge on any atom is -0.384 e. The summed E-state index contributed by atoms with van der Waals surface area (Å²) in [6, 6.07) is 7.24. The molecule has 0 radical (unpaired) electrons. The summed E-state index contributed by atoms with van der Waals surface area (Å²) >= 11 is 0. The predicted molar refractivity (Wildman–Crippen MR) is 130 cm³/mol. The van der Waals surface area contributed by atoms with Gasteiger partial charge in [0.05, 0.1) is 4.90 Å². The second-order valence-electron chi connectivity index (χ2n) is 10.5. The fourth-order valence-electron chi connectivity index (χ4n) is 6.23. The molecule has 11 heteroatoms. The Morgan fingerprint density at radius 2 is 1.71 bits per heavy atom. The van der Waals surface area contributed by atoms with Gasteiger partial charge in [-0.1, -0.05) is 18.2 Å². The van der Waals surface area contributed by atoms with Crippen LogP contribution in [-0.2, 0) is 31.5 Å². The first kappa shape index (κ1) is 28.5. The average molecular weight is 560 g/mol. The third-order valence-electron chi connectivity index (χ3n) is 8.32. The molecule has 5 nitrogen and oxygen atoms in total. The van der Waals surface area contributed by atoms with Crippen molar-refractivity contribution in [2.45, 2.75) is 80.1 Å². The molecule has 1 saturated carbocycles. The number of aliphatic hydroxyl groups excluding tert-OH is 1. The molecule has 1 amide bonds. The highest BCUT2D eigenvalue weighted by molar-refractivity contribution is 7.92. The van der Waals surface area contributed by atoms with Crippen molar-refractivity contribution in [1.82, 2.24) is 5.32 Å². The molecule has 38 heavy (non-hydrogen) atoms. The summed E-state index contributed by atoms with van der Waals surface area (Å²) in [6.45, 7) is 3.47. The molecule has 0 spiro atoms. The van der Waals surface area contributed by atoms with Crippen LogP contribution in [0.4, 0.5) is 22.0 Å². The second kappa shape index (κ2) is 9.59. The Hall–Kier alpha value is -2.53. The molecule has 0 bridgehead atoms. The summed E-state index contributed by atoms with van der Waals surface area (Å²) in [5.74, 6) is -2.10. The SMILES string of the molecule is CC(NC(=O)[C@H](C)O)[C@@H]1CC[C@@]2(S(=O)(=O)c3ccc(F)cc3)c3ccc(C(C)(F)C(F)(F)F)cc3CC[C@@H]12. The van der Waals surface area contributed by atoms with Gasteiger partial charge in [-0.25, -0.2) is 17.2 Å². The molecule has 0 aromatic heterocycles. The van der Waals surface area contributed by atoms with E-state index in [1.54, 1.807) is 6.92 Å². The lowest BCUT2D eigenvalue weighted by molar-refractivity contribution is -0.228. The monoisotopic (exact) mass is 559 g/mol. The van der Waals surface area contributed by atoms with Gasteiger partial charge in [-0.05, 0) is 99.2 Å². The third-order valence-corrected chi connectivity index (χ3v) is 10.9. The number of benzene rings is 2. The van der Waals surface area contributed by atoms with Gasteiger partial charge in [0.2, 0.25) is 11.6 Å². The molecule has 0 saturated heterocycles. The predicted octanol–water partition coefficient (Wildman–Crippen LogP) is 5.10. The Kier molecular flexibility index (Phi) is 7.18. The summed E-state index contributed by atoms with van der Waals surface area (Å²) < 4.78 is 95.8. The summed E-state index contributed by atoms with van der Waals surface area (Å²) in [6.07, 6.45) is -5.46. The van der Waals surface area contributed by atoms with E-state index in [1.165, 1.54) is 13.0 Å². The zero-order valence-electron chi connectivity index (χ0n) is 21.1. The molecule has 1 fully saturated rings. The van der Waals surface area contributed by atoms with Crippen LogP contribution < -0.4 is 5.32 Å². The lowest BCUT2D eigenvalue weighted by Gasteiger charge is -2.43. The number of aliphatic hydroxyl groups is 1. The van der Waals surface area contributed by atoms with Gasteiger partial charge in [0, 0.05) is 6.04 Å². The summed E-state index contributed by atoms with van der Waals surface area (Å²) in [4.78, 5) is 12.0. The number of amides is 1. The normalized spacial score (nSPS) is 26.6. The van der Waals surface area contributed by atoms with Crippen molar-refractivity contribution in [2.75, 3.05) is 0 Å². The quantitative estimate of drug-likeness (QED) is 0.381. The van der Waals surface area contributed by atoms with Crippen LogP contribution in [0.5, 0.6) is 0 Å². The Morgan fingerprint density at radius 1 is 1.08 bits per heavy atom. The smallest absolute Gasteiger partial charge is 0.384 e. The molecule has 2 unspecified atom stereocenters. The Morgan fingerprint density at radius 3 is 2.29 bits per heavy atom. The molecule has 6 atom stereocenters. The molecule has 4 rings (SSSR count). The van der Waals surface area contributed by atoms with Crippen LogP contribution in [0.25, 0.3) is 0 Å². The van der Waals surface area contributed by atoms with E-state index in [-0.39, 0.29) is 30.1 Å². The molecule has 2 aliphatic carbocycles. The van der Waals surface area contributed by atoms with E-state index in [9.17, 15) is 40.3 Å². The maximum absolute atomic E-state index is 14.8. The molecule has 0 heterocycles. The van der Waals surface area contributed by atoms with Gasteiger partial charge in [0.1, 0.15) is 16.7 Å². The van der Waals surface area contributed by atoms with Crippen LogP contribution in [0.1, 0.15) is 56.7 Å². The van der Waals surface area contributed by atoms with E-state index >= 15 is 0 Å². The number of fused-ring (bicyclic) bond motifs is 3. The molecule has 2 N–H and O–H groups in total. The first-order valence-corrected chi connectivity index (χ1v) is 13.9. The number of sulfone groups is 1. The largest absolute Gasteiger partial charge is 0.426 e. The fraction of sp³-hybridized carbons (Fsp3) is 0.519. The standard InChI is InChI=1S/C27H30F5NO4S/c1-15(33-24(35)16(2)34)21-12-13-26(38(36,37)20-8-6-19(28)7-9-20)22-11-5-18(25(3,29)27(30,31)32)14-17(22)4-10-23(21)26/h5-9,11,14-16,21,23,34H,4,10,12-13H2,1-3H3,(H,33,35)/t15?,16-,21-,23-,25?,26+/m0/s1. The van der Waals surface area contributed by atoms with Crippen LogP contribution >= 0.6 is 0 Å². The number of alkyl halides is 4. The number of hydrogen-bond donors (Lipinski definition) is 2. The van der Waals surface area contributed by atoms with E-state index < -0.39 is 61.8 Å². The van der Waals surface area contributed by atoms with Gasteiger partial charge in [0.25, 0.3) is 0 Å². The minimum absolute atomic E-state index is 0.107. The van der Waals surface area contributed by atoms with Crippen molar-refractivity contribution in [3.05, 3.63) is 65.0 Å². The van der Waals surface area contributed by atoms with Gasteiger partial charge < -0.3 is 10.4 Å². The molecule has 2 aromatic carbocycles. The van der Waals surface area contributed by atoms with Crippen LogP contribution in [-0.4, -0.2) is 37.8 Å². The van der Waals surface area contributed by atoms with Gasteiger partial charge in [-0.3, -0.25) is 4.79 Å². The van der Waals surface area contributed by atoms with Crippen molar-refractivity contribution in [2.24, 2.45) is 11.8 Å². The van der Waals surface area contributed by atoms with Crippen LogP contribution in [0.15, 0.2) is 47.4 Å². The summed E-state index contributed by atoms with van der Waals surface area (Å²) in [5.41, 5.74) is -3.61. The van der Waals surface area contributed by atoms with Crippen LogP contribution in [0.2, 0.25) is 0 Å². The summed E-state index contributed by atoms with van der Waals surface area (Å²) in [5, 5.41) is 12.4. The van der Waals surface area contributed by atoms with Gasteiger partial charge >= 0.3 is 6.18 Å². The highest BCUT2D eigenvalue weighted by atomic mass is 32.2. The zero-order chi connectivity index (χ0) is 28.3. The molecule has 2 aliphatic rings. The van der Waals surface area contributed by atoms with E-state index in [1.807, 2.05) is 0 Å². The lowest BCUT2D eigenvalue weighted by Crippen LogP contribution is -2.49. The second-order valence-corrected chi connectivity index (χ2v) is 12.7. The molecular weight excluding hydrogens is 529 g/mol. The maximum atomic E-state index is 14.8. The van der Waals surface area contributed by atoms with Crippen LogP contribution in [0.3, 0.4) is 0 Å². The van der Waals surface area contributed by atoms with Crippen LogP contribution in [0, 0.1) is 17.7 Å². The average Bonchev–Trinajstić information content (AvgIpc) is 3.25. The van der Waals surface area contributed by atoms with E-state index in [0.717, 1.165) is 36.4 Å². The Bertz CT molecular complexity index is 1320. The number of nitrogens with one attached hydrogen (secondary N) is 1. The topological polar surface area (TPSA) is 83.5 Å². The number of carbonyl (C=O) groups is 1. The molecular formula is C27H30F5NO4S. The highest BCUT2D eigenvalue weighted by Gasteiger charge is 2.61. The molecule has 2 aromatic rings. The van der Waals surface area contributed by atoms with E-state index in [0.29, 0.717) is 24.5 Å². The zero-order valence-corrected chi connectivity index (χ0v) is 22.0. The van der Waals surface area contributed by atoms with Gasteiger partial charge in [0.15, 0.2) is 9.84 Å². The van der Waals surface area contributed by atoms with Gasteiger partial charge in [-0.15, -0.1) is 0 Å². The molecule has 0 aliphatic heterocycles. The number of carbonyl (C=O) groups excluding carboxylic acids is 1. The van der Waals surface area contributed by atoms with E-state index in [4.69, 9.17) is 0 Å². The number of hydrogen-bond acceptors (Lipinski definition) is 4. The van der Waals surface area contributed by atoms with Crippen molar-refractivity contribution in [1.29, 1.82) is 0 Å². The minimum atomic E-state index is -5.16. The number of rotatable bonds is 6. The Labute approximate surface area is 218 Å². The number of halogens is 5. The third kappa shape index (κ3) is 4.41. The first-order valence-electron chi connectivity index (χ1n) is 12.4.